The summed E-state index contributed by atoms with van der Waals surface area (Å²) in [6, 6.07) is 0. The number of hydrogen-bond acceptors (Lipinski definition) is 7. The molecular weight excluding hydrogens is 376 g/mol. The van der Waals surface area contributed by atoms with Gasteiger partial charge in [-0.25, -0.2) is 0 Å². The van der Waals surface area contributed by atoms with Gasteiger partial charge in [0.2, 0.25) is 11.6 Å². The highest BCUT2D eigenvalue weighted by Crippen LogP contribution is 2.57. The predicted octanol–water partition coefficient (Wildman–Crippen LogP) is 2.06. The van der Waals surface area contributed by atoms with Crippen molar-refractivity contribution >= 4 is 23.3 Å². The van der Waals surface area contributed by atoms with Gasteiger partial charge in [-0.05, 0) is 25.8 Å². The van der Waals surface area contributed by atoms with E-state index in [9.17, 15) is 29.4 Å². The smallest absolute Gasteiger partial charge is 0.303 e. The summed E-state index contributed by atoms with van der Waals surface area (Å²) in [4.78, 5) is 50.2. The first-order valence-electron chi connectivity index (χ1n) is 9.40. The number of fused-ring (bicyclic) bond motifs is 2. The van der Waals surface area contributed by atoms with Crippen molar-refractivity contribution in [3.05, 3.63) is 46.3 Å². The Kier molecular flexibility index (Phi) is 4.99. The van der Waals surface area contributed by atoms with E-state index in [4.69, 9.17) is 4.74 Å². The standard InChI is InChI=1S/C22H24O7/c1-6-7-12-17(25)14-16(20(28)18(12)26)22(5)8-13(24)9(2)10(3)15(22)21(19(14)27)29-11(4)23/h6,15,19,21,25,27H,1,7-8H2,2-5H3/t15-,19+,21-,22-/m0/s1. The molecular formula is C22H24O7. The third kappa shape index (κ3) is 2.83. The molecule has 0 aromatic rings. The van der Waals surface area contributed by atoms with E-state index in [-0.39, 0.29) is 35.3 Å². The highest BCUT2D eigenvalue weighted by molar-refractivity contribution is 6.50. The molecule has 4 atom stereocenters. The van der Waals surface area contributed by atoms with Crippen LogP contribution in [-0.4, -0.2) is 45.7 Å². The van der Waals surface area contributed by atoms with Crippen molar-refractivity contribution in [1.29, 1.82) is 0 Å². The van der Waals surface area contributed by atoms with Gasteiger partial charge >= 0.3 is 5.97 Å². The normalized spacial score (nSPS) is 32.3. The minimum absolute atomic E-state index is 0.0603. The monoisotopic (exact) mass is 400 g/mol. The third-order valence-corrected chi connectivity index (χ3v) is 6.37. The van der Waals surface area contributed by atoms with Crippen LogP contribution in [0.4, 0.5) is 0 Å². The second-order valence-corrected chi connectivity index (χ2v) is 8.09. The molecule has 154 valence electrons. The number of carbonyl (C=O) groups is 4. The van der Waals surface area contributed by atoms with Crippen LogP contribution in [0.2, 0.25) is 0 Å². The number of ether oxygens (including phenoxy) is 1. The van der Waals surface area contributed by atoms with Gasteiger partial charge in [-0.3, -0.25) is 19.2 Å². The zero-order valence-electron chi connectivity index (χ0n) is 16.9. The fourth-order valence-electron chi connectivity index (χ4n) is 4.98. The van der Waals surface area contributed by atoms with Crippen LogP contribution in [0.3, 0.4) is 0 Å². The van der Waals surface area contributed by atoms with E-state index in [0.717, 1.165) is 0 Å². The van der Waals surface area contributed by atoms with Crippen molar-refractivity contribution in [3.8, 4) is 0 Å². The average Bonchev–Trinajstić information content (AvgIpc) is 2.63. The Hall–Kier alpha value is -2.80. The predicted molar refractivity (Wildman–Crippen MR) is 103 cm³/mol. The van der Waals surface area contributed by atoms with Crippen LogP contribution in [0.1, 0.15) is 40.5 Å². The molecule has 0 aromatic carbocycles. The molecule has 7 heteroatoms. The fourth-order valence-corrected chi connectivity index (χ4v) is 4.98. The first kappa shape index (κ1) is 20.9. The van der Waals surface area contributed by atoms with Crippen molar-refractivity contribution in [2.75, 3.05) is 0 Å². The maximum atomic E-state index is 13.1. The average molecular weight is 400 g/mol. The Balaban J connectivity index is 2.37. The topological polar surface area (TPSA) is 118 Å². The van der Waals surface area contributed by atoms with Crippen LogP contribution in [0.5, 0.6) is 0 Å². The van der Waals surface area contributed by atoms with Gasteiger partial charge in [-0.15, -0.1) is 6.58 Å². The van der Waals surface area contributed by atoms with Crippen LogP contribution >= 0.6 is 0 Å². The maximum absolute atomic E-state index is 13.1. The highest BCUT2D eigenvalue weighted by atomic mass is 16.6. The summed E-state index contributed by atoms with van der Waals surface area (Å²) in [7, 11) is 0. The van der Waals surface area contributed by atoms with E-state index >= 15 is 0 Å². The first-order valence-corrected chi connectivity index (χ1v) is 9.40. The van der Waals surface area contributed by atoms with Crippen molar-refractivity contribution < 1.29 is 34.1 Å². The zero-order chi connectivity index (χ0) is 21.8. The highest BCUT2D eigenvalue weighted by Gasteiger charge is 2.60. The third-order valence-electron chi connectivity index (χ3n) is 6.37. The van der Waals surface area contributed by atoms with E-state index in [1.807, 2.05) is 0 Å². The van der Waals surface area contributed by atoms with Gasteiger partial charge < -0.3 is 14.9 Å². The van der Waals surface area contributed by atoms with Gasteiger partial charge in [0.05, 0.1) is 0 Å². The van der Waals surface area contributed by atoms with E-state index < -0.39 is 46.8 Å². The molecule has 0 aromatic heterocycles. The SMILES string of the molecule is C=CCC1=C(O)C2=C(C(=O)C1=O)[C@@]1(C)CC(=O)C(C)=C(C)[C@H]1[C@H](OC(C)=O)[C@@H]2O. The second-order valence-electron chi connectivity index (χ2n) is 8.09. The molecule has 3 aliphatic rings. The summed E-state index contributed by atoms with van der Waals surface area (Å²) in [5.41, 5.74) is -0.540. The fraction of sp³-hybridized carbons (Fsp3) is 0.455. The minimum Gasteiger partial charge on any atom is -0.507 e. The second kappa shape index (κ2) is 6.91. The summed E-state index contributed by atoms with van der Waals surface area (Å²) in [6.07, 6.45) is -1.44. The summed E-state index contributed by atoms with van der Waals surface area (Å²) >= 11 is 0. The van der Waals surface area contributed by atoms with Crippen LogP contribution < -0.4 is 0 Å². The van der Waals surface area contributed by atoms with Gasteiger partial charge in [-0.2, -0.15) is 0 Å². The molecule has 3 aliphatic carbocycles. The number of hydrogen-bond donors (Lipinski definition) is 2. The number of allylic oxidation sites excluding steroid dienone is 4. The van der Waals surface area contributed by atoms with E-state index in [2.05, 4.69) is 6.58 Å². The summed E-state index contributed by atoms with van der Waals surface area (Å²) < 4.78 is 5.43. The summed E-state index contributed by atoms with van der Waals surface area (Å²) in [5.74, 6) is -3.78. The molecule has 0 unspecified atom stereocenters. The molecule has 0 bridgehead atoms. The maximum Gasteiger partial charge on any atom is 0.303 e. The molecule has 2 N–H and O–H groups in total. The Labute approximate surface area is 168 Å². The van der Waals surface area contributed by atoms with Gasteiger partial charge in [0, 0.05) is 41.4 Å². The van der Waals surface area contributed by atoms with E-state index in [1.54, 1.807) is 20.8 Å². The van der Waals surface area contributed by atoms with Gasteiger partial charge in [-0.1, -0.05) is 18.6 Å². The molecule has 7 nitrogen and oxygen atoms in total. The first-order chi connectivity index (χ1) is 13.5. The molecule has 0 heterocycles. The largest absolute Gasteiger partial charge is 0.507 e. The van der Waals surface area contributed by atoms with Crippen LogP contribution in [0, 0.1) is 11.3 Å². The van der Waals surface area contributed by atoms with Crippen molar-refractivity contribution in [3.63, 3.8) is 0 Å². The molecule has 29 heavy (non-hydrogen) atoms. The molecule has 0 fully saturated rings. The molecule has 0 spiro atoms. The van der Waals surface area contributed by atoms with Gasteiger partial charge in [0.1, 0.15) is 18.0 Å². The lowest BCUT2D eigenvalue weighted by atomic mass is 9.52. The zero-order valence-corrected chi connectivity index (χ0v) is 16.9. The number of rotatable bonds is 3. The van der Waals surface area contributed by atoms with Crippen LogP contribution in [0.15, 0.2) is 46.3 Å². The van der Waals surface area contributed by atoms with E-state index in [1.165, 1.54) is 13.0 Å². The van der Waals surface area contributed by atoms with Crippen LogP contribution in [-0.2, 0) is 23.9 Å². The van der Waals surface area contributed by atoms with Gasteiger partial charge in [0.15, 0.2) is 5.78 Å². The molecule has 0 saturated heterocycles. The number of aliphatic hydroxyl groups is 2. The minimum atomic E-state index is -1.53. The Morgan fingerprint density at radius 3 is 2.45 bits per heavy atom. The molecule has 0 saturated carbocycles. The molecule has 0 amide bonds. The number of aliphatic hydroxyl groups excluding tert-OH is 2. The van der Waals surface area contributed by atoms with Gasteiger partial charge in [0.25, 0.3) is 0 Å². The number of ketones is 3. The lowest BCUT2D eigenvalue weighted by Crippen LogP contribution is -2.57. The molecule has 0 radical (unpaired) electrons. The quantitative estimate of drug-likeness (QED) is 0.322. The van der Waals surface area contributed by atoms with Crippen molar-refractivity contribution in [2.24, 2.45) is 11.3 Å². The van der Waals surface area contributed by atoms with Crippen molar-refractivity contribution in [2.45, 2.75) is 52.7 Å². The number of carbonyl (C=O) groups excluding carboxylic acids is 4. The number of esters is 1. The molecule has 3 rings (SSSR count). The Morgan fingerprint density at radius 1 is 1.28 bits per heavy atom. The summed E-state index contributed by atoms with van der Waals surface area (Å²) in [6.45, 7) is 9.70. The Morgan fingerprint density at radius 2 is 1.90 bits per heavy atom. The lowest BCUT2D eigenvalue weighted by molar-refractivity contribution is -0.160. The lowest BCUT2D eigenvalue weighted by Gasteiger charge is -2.52. The van der Waals surface area contributed by atoms with Crippen molar-refractivity contribution in [1.82, 2.24) is 0 Å². The van der Waals surface area contributed by atoms with E-state index in [0.29, 0.717) is 11.1 Å². The number of Topliss-reactive ketones (excluding diaryl/α,β-unsaturated/α-hetero) is 3. The molecule has 0 aliphatic heterocycles. The van der Waals surface area contributed by atoms with Crippen LogP contribution in [0.25, 0.3) is 0 Å². The summed E-state index contributed by atoms with van der Waals surface area (Å²) in [5, 5.41) is 21.9. The Bertz CT molecular complexity index is 962.